The van der Waals surface area contributed by atoms with Crippen LogP contribution in [0.3, 0.4) is 0 Å². The second-order valence-corrected chi connectivity index (χ2v) is 5.23. The van der Waals surface area contributed by atoms with Crippen LogP contribution in [0, 0.1) is 11.8 Å². The summed E-state index contributed by atoms with van der Waals surface area (Å²) in [5.74, 6) is 0.125. The number of alkyl halides is 3. The molecule has 0 aromatic carbocycles. The summed E-state index contributed by atoms with van der Waals surface area (Å²) in [6.45, 7) is 0.717. The zero-order chi connectivity index (χ0) is 14.5. The number of ether oxygens (including phenoxy) is 1. The molecule has 19 heavy (non-hydrogen) atoms. The Hall–Kier alpha value is -0.820. The van der Waals surface area contributed by atoms with Crippen LogP contribution in [0.5, 0.6) is 0 Å². The van der Waals surface area contributed by atoms with E-state index in [0.29, 0.717) is 12.3 Å². The van der Waals surface area contributed by atoms with Crippen molar-refractivity contribution in [3.8, 4) is 0 Å². The molecule has 112 valence electrons. The molecule has 0 radical (unpaired) electrons. The minimum Gasteiger partial charge on any atom is -0.370 e. The van der Waals surface area contributed by atoms with Gasteiger partial charge in [-0.15, -0.1) is 0 Å². The molecule has 1 saturated carbocycles. The summed E-state index contributed by atoms with van der Waals surface area (Å²) in [6, 6.07) is 0.0287. The molecule has 3 unspecified atom stereocenters. The number of hydrogen-bond acceptors (Lipinski definition) is 3. The van der Waals surface area contributed by atoms with E-state index in [1.54, 1.807) is 0 Å². The topological polar surface area (TPSA) is 64.4 Å². The van der Waals surface area contributed by atoms with E-state index in [-0.39, 0.29) is 31.0 Å². The van der Waals surface area contributed by atoms with Crippen molar-refractivity contribution in [2.45, 2.75) is 38.4 Å². The summed E-state index contributed by atoms with van der Waals surface area (Å²) in [6.07, 6.45) is -1.99. The van der Waals surface area contributed by atoms with Gasteiger partial charge >= 0.3 is 6.18 Å². The van der Waals surface area contributed by atoms with E-state index in [1.165, 1.54) is 0 Å². The standard InChI is InChI=1S/C12H21F3N2O2/c1-8-4-9(6-10(16)5-8)11(18)17-2-3-19-7-12(13,14)15/h8-10H,2-7,16H2,1H3,(H,17,18). The van der Waals surface area contributed by atoms with Gasteiger partial charge in [0, 0.05) is 18.5 Å². The molecule has 4 nitrogen and oxygen atoms in total. The Morgan fingerprint density at radius 1 is 1.37 bits per heavy atom. The van der Waals surface area contributed by atoms with Gasteiger partial charge in [-0.25, -0.2) is 0 Å². The molecule has 3 atom stereocenters. The number of halogens is 3. The Balaban J connectivity index is 2.17. The molecule has 1 rings (SSSR count). The largest absolute Gasteiger partial charge is 0.411 e. The second kappa shape index (κ2) is 7.09. The number of hydrogen-bond donors (Lipinski definition) is 2. The third-order valence-electron chi connectivity index (χ3n) is 3.16. The number of rotatable bonds is 5. The maximum Gasteiger partial charge on any atom is 0.411 e. The van der Waals surface area contributed by atoms with E-state index in [4.69, 9.17) is 5.73 Å². The van der Waals surface area contributed by atoms with Crippen LogP contribution in [0.2, 0.25) is 0 Å². The maximum atomic E-state index is 11.8. The van der Waals surface area contributed by atoms with Crippen molar-refractivity contribution in [1.82, 2.24) is 5.32 Å². The molecule has 1 amide bonds. The fourth-order valence-corrected chi connectivity index (χ4v) is 2.45. The third-order valence-corrected chi connectivity index (χ3v) is 3.16. The Morgan fingerprint density at radius 3 is 2.63 bits per heavy atom. The van der Waals surface area contributed by atoms with E-state index >= 15 is 0 Å². The zero-order valence-electron chi connectivity index (χ0n) is 11.0. The van der Waals surface area contributed by atoms with Gasteiger partial charge in [0.1, 0.15) is 6.61 Å². The maximum absolute atomic E-state index is 11.8. The molecule has 0 saturated heterocycles. The monoisotopic (exact) mass is 282 g/mol. The van der Waals surface area contributed by atoms with Crippen molar-refractivity contribution in [2.75, 3.05) is 19.8 Å². The SMILES string of the molecule is CC1CC(N)CC(C(=O)NCCOCC(F)(F)F)C1. The van der Waals surface area contributed by atoms with Gasteiger partial charge in [0.25, 0.3) is 0 Å². The number of carbonyl (C=O) groups is 1. The van der Waals surface area contributed by atoms with Gasteiger partial charge in [0.05, 0.1) is 6.61 Å². The van der Waals surface area contributed by atoms with E-state index in [9.17, 15) is 18.0 Å². The Morgan fingerprint density at radius 2 is 2.05 bits per heavy atom. The summed E-state index contributed by atoms with van der Waals surface area (Å²) in [7, 11) is 0. The van der Waals surface area contributed by atoms with Gasteiger partial charge in [-0.05, 0) is 25.2 Å². The number of amides is 1. The molecule has 1 fully saturated rings. The normalized spacial score (nSPS) is 28.2. The van der Waals surface area contributed by atoms with Crippen LogP contribution >= 0.6 is 0 Å². The summed E-state index contributed by atoms with van der Waals surface area (Å²) < 4.78 is 39.8. The van der Waals surface area contributed by atoms with Crippen molar-refractivity contribution < 1.29 is 22.7 Å². The first-order valence-corrected chi connectivity index (χ1v) is 6.45. The molecule has 0 aliphatic heterocycles. The first-order chi connectivity index (χ1) is 8.78. The summed E-state index contributed by atoms with van der Waals surface area (Å²) >= 11 is 0. The van der Waals surface area contributed by atoms with E-state index < -0.39 is 12.8 Å². The number of nitrogens with two attached hydrogens (primary N) is 1. The molecular weight excluding hydrogens is 261 g/mol. The Bertz CT molecular complexity index is 287. The van der Waals surface area contributed by atoms with Crippen LogP contribution in [-0.2, 0) is 9.53 Å². The zero-order valence-corrected chi connectivity index (χ0v) is 11.0. The highest BCUT2D eigenvalue weighted by molar-refractivity contribution is 5.78. The summed E-state index contributed by atoms with van der Waals surface area (Å²) in [5.41, 5.74) is 5.85. The lowest BCUT2D eigenvalue weighted by Crippen LogP contribution is -2.41. The van der Waals surface area contributed by atoms with Crippen LogP contribution in [-0.4, -0.2) is 37.9 Å². The minimum absolute atomic E-state index is 0.0287. The fourth-order valence-electron chi connectivity index (χ4n) is 2.45. The van der Waals surface area contributed by atoms with Gasteiger partial charge < -0.3 is 15.8 Å². The van der Waals surface area contributed by atoms with Gasteiger partial charge in [-0.2, -0.15) is 13.2 Å². The predicted molar refractivity (Wildman–Crippen MR) is 64.4 cm³/mol. The molecule has 0 heterocycles. The van der Waals surface area contributed by atoms with Crippen molar-refractivity contribution in [2.24, 2.45) is 17.6 Å². The van der Waals surface area contributed by atoms with Crippen LogP contribution in [0.1, 0.15) is 26.2 Å². The third kappa shape index (κ3) is 6.77. The minimum atomic E-state index is -4.32. The molecule has 1 aliphatic rings. The summed E-state index contributed by atoms with van der Waals surface area (Å²) in [5, 5.41) is 2.59. The smallest absolute Gasteiger partial charge is 0.370 e. The highest BCUT2D eigenvalue weighted by Gasteiger charge is 2.29. The average molecular weight is 282 g/mol. The lowest BCUT2D eigenvalue weighted by molar-refractivity contribution is -0.173. The number of nitrogens with one attached hydrogen (secondary N) is 1. The van der Waals surface area contributed by atoms with Crippen molar-refractivity contribution in [1.29, 1.82) is 0 Å². The Labute approximate surface area is 110 Å². The van der Waals surface area contributed by atoms with E-state index in [2.05, 4.69) is 10.1 Å². The quantitative estimate of drug-likeness (QED) is 0.750. The molecule has 0 bridgehead atoms. The van der Waals surface area contributed by atoms with E-state index in [0.717, 1.165) is 12.8 Å². The molecular formula is C12H21F3N2O2. The van der Waals surface area contributed by atoms with Gasteiger partial charge in [0.2, 0.25) is 5.91 Å². The first-order valence-electron chi connectivity index (χ1n) is 6.45. The lowest BCUT2D eigenvalue weighted by atomic mass is 9.79. The second-order valence-electron chi connectivity index (χ2n) is 5.23. The number of carbonyl (C=O) groups excluding carboxylic acids is 1. The molecule has 7 heteroatoms. The van der Waals surface area contributed by atoms with Crippen LogP contribution in [0.15, 0.2) is 0 Å². The van der Waals surface area contributed by atoms with Gasteiger partial charge in [0.15, 0.2) is 0 Å². The molecule has 0 spiro atoms. The first kappa shape index (κ1) is 16.2. The Kier molecular flexibility index (Phi) is 6.06. The highest BCUT2D eigenvalue weighted by atomic mass is 19.4. The van der Waals surface area contributed by atoms with Gasteiger partial charge in [-0.1, -0.05) is 6.92 Å². The molecule has 1 aliphatic carbocycles. The van der Waals surface area contributed by atoms with Crippen LogP contribution in [0.4, 0.5) is 13.2 Å². The van der Waals surface area contributed by atoms with Crippen molar-refractivity contribution in [3.05, 3.63) is 0 Å². The predicted octanol–water partition coefficient (Wildman–Crippen LogP) is 1.44. The van der Waals surface area contributed by atoms with Crippen LogP contribution < -0.4 is 11.1 Å². The molecule has 3 N–H and O–H groups in total. The summed E-state index contributed by atoms with van der Waals surface area (Å²) in [4.78, 5) is 11.8. The van der Waals surface area contributed by atoms with Crippen molar-refractivity contribution >= 4 is 5.91 Å². The fraction of sp³-hybridized carbons (Fsp3) is 0.917. The molecule has 0 aromatic heterocycles. The lowest BCUT2D eigenvalue weighted by Gasteiger charge is -2.30. The highest BCUT2D eigenvalue weighted by Crippen LogP contribution is 2.27. The van der Waals surface area contributed by atoms with Gasteiger partial charge in [-0.3, -0.25) is 4.79 Å². The van der Waals surface area contributed by atoms with Crippen LogP contribution in [0.25, 0.3) is 0 Å². The molecule has 0 aromatic rings. The van der Waals surface area contributed by atoms with E-state index in [1.807, 2.05) is 6.92 Å². The van der Waals surface area contributed by atoms with Crippen molar-refractivity contribution in [3.63, 3.8) is 0 Å². The average Bonchev–Trinajstić information content (AvgIpc) is 2.25.